The van der Waals surface area contributed by atoms with Crippen LogP contribution < -0.4 is 9.47 Å². The minimum absolute atomic E-state index is 0.0369. The molecule has 0 radical (unpaired) electrons. The number of methoxy groups -OCH3 is 1. The van der Waals surface area contributed by atoms with Gasteiger partial charge >= 0.3 is 6.16 Å². The first-order chi connectivity index (χ1) is 15.5. The van der Waals surface area contributed by atoms with Crippen molar-refractivity contribution in [2.24, 2.45) is 0 Å². The normalized spacial score (nSPS) is 11.0. The van der Waals surface area contributed by atoms with E-state index in [9.17, 15) is 9.90 Å². The fourth-order valence-electron chi connectivity index (χ4n) is 3.96. The predicted octanol–water partition coefficient (Wildman–Crippen LogP) is 5.82. The second kappa shape index (κ2) is 7.63. The number of phenolic OH excluding ortho intramolecular Hbond substituents is 1. The third-order valence-corrected chi connectivity index (χ3v) is 5.28. The quantitative estimate of drug-likeness (QED) is 0.247. The summed E-state index contributed by atoms with van der Waals surface area (Å²) in [6.07, 6.45) is -1.45. The van der Waals surface area contributed by atoms with Crippen molar-refractivity contribution < 1.29 is 24.5 Å². The van der Waals surface area contributed by atoms with Crippen molar-refractivity contribution in [3.8, 4) is 39.8 Å². The molecule has 0 saturated carbocycles. The third-order valence-electron chi connectivity index (χ3n) is 5.28. The van der Waals surface area contributed by atoms with Gasteiger partial charge in [-0.05, 0) is 29.1 Å². The van der Waals surface area contributed by atoms with Gasteiger partial charge in [0.15, 0.2) is 0 Å². The molecular formula is C25H18N2O5. The molecule has 1 heterocycles. The van der Waals surface area contributed by atoms with Gasteiger partial charge in [-0.1, -0.05) is 48.5 Å². The fourth-order valence-corrected chi connectivity index (χ4v) is 3.96. The number of fused-ring (bicyclic) bond motifs is 3. The zero-order chi connectivity index (χ0) is 22.2. The highest BCUT2D eigenvalue weighted by Gasteiger charge is 2.18. The van der Waals surface area contributed by atoms with Crippen LogP contribution in [0.1, 0.15) is 0 Å². The first-order valence-corrected chi connectivity index (χ1v) is 9.84. The van der Waals surface area contributed by atoms with Crippen molar-refractivity contribution in [3.63, 3.8) is 0 Å². The Kier molecular flexibility index (Phi) is 4.63. The summed E-state index contributed by atoms with van der Waals surface area (Å²) in [5, 5.41) is 20.5. The van der Waals surface area contributed by atoms with Gasteiger partial charge in [-0.2, -0.15) is 0 Å². The first kappa shape index (κ1) is 19.4. The number of aromatic hydroxyl groups is 1. The van der Waals surface area contributed by atoms with Crippen LogP contribution in [0.3, 0.4) is 0 Å². The lowest BCUT2D eigenvalue weighted by Gasteiger charge is -2.12. The molecule has 0 atom stereocenters. The van der Waals surface area contributed by atoms with Crippen molar-refractivity contribution in [2.45, 2.75) is 0 Å². The third kappa shape index (κ3) is 3.26. The minimum Gasteiger partial charge on any atom is -0.507 e. The van der Waals surface area contributed by atoms with E-state index in [4.69, 9.17) is 14.8 Å². The van der Waals surface area contributed by atoms with E-state index in [0.29, 0.717) is 27.9 Å². The van der Waals surface area contributed by atoms with Crippen LogP contribution >= 0.6 is 0 Å². The molecule has 5 rings (SSSR count). The highest BCUT2D eigenvalue weighted by molar-refractivity contribution is 6.09. The zero-order valence-corrected chi connectivity index (χ0v) is 17.0. The Morgan fingerprint density at radius 1 is 0.969 bits per heavy atom. The van der Waals surface area contributed by atoms with Crippen LogP contribution in [-0.4, -0.2) is 33.4 Å². The second-order valence-corrected chi connectivity index (χ2v) is 7.21. The van der Waals surface area contributed by atoms with Gasteiger partial charge in [0.05, 0.1) is 23.6 Å². The lowest BCUT2D eigenvalue weighted by atomic mass is 10.0. The minimum atomic E-state index is -1.45. The lowest BCUT2D eigenvalue weighted by molar-refractivity contribution is 0.144. The van der Waals surface area contributed by atoms with Gasteiger partial charge in [0.1, 0.15) is 28.6 Å². The maximum Gasteiger partial charge on any atom is 0.511 e. The van der Waals surface area contributed by atoms with Gasteiger partial charge in [0.25, 0.3) is 0 Å². The smallest absolute Gasteiger partial charge is 0.507 e. The molecule has 32 heavy (non-hydrogen) atoms. The molecule has 0 saturated heterocycles. The second-order valence-electron chi connectivity index (χ2n) is 7.21. The summed E-state index contributed by atoms with van der Waals surface area (Å²) < 4.78 is 10.5. The number of hydrogen-bond acceptors (Lipinski definition) is 5. The molecule has 0 fully saturated rings. The van der Waals surface area contributed by atoms with Crippen molar-refractivity contribution in [1.82, 2.24) is 9.97 Å². The standard InChI is InChI=1S/C25H18N2O5/c1-31-23-17(14-6-3-2-4-7-14)8-5-9-18(23)24-26-19-11-10-15-12-16(32-25(29)30)13-20(28)21(15)22(19)27-24/h2-13,28H,1H3,(H,26,27)(H,29,30). The van der Waals surface area contributed by atoms with Crippen LogP contribution in [-0.2, 0) is 0 Å². The Bertz CT molecular complexity index is 1470. The number of para-hydroxylation sites is 1. The summed E-state index contributed by atoms with van der Waals surface area (Å²) in [5.74, 6) is 1.19. The molecule has 0 aliphatic rings. The van der Waals surface area contributed by atoms with Gasteiger partial charge in [-0.3, -0.25) is 0 Å². The largest absolute Gasteiger partial charge is 0.511 e. The Morgan fingerprint density at radius 3 is 2.50 bits per heavy atom. The van der Waals surface area contributed by atoms with Crippen LogP contribution in [0, 0.1) is 0 Å². The number of ether oxygens (including phenoxy) is 2. The van der Waals surface area contributed by atoms with E-state index in [-0.39, 0.29) is 11.5 Å². The SMILES string of the molecule is COc1c(-c2ccccc2)cccc1-c1nc2c(ccc3cc(OC(=O)O)cc(O)c32)[nH]1. The van der Waals surface area contributed by atoms with Crippen LogP contribution in [0.25, 0.3) is 44.3 Å². The number of benzene rings is 4. The van der Waals surface area contributed by atoms with Gasteiger partial charge in [0.2, 0.25) is 0 Å². The van der Waals surface area contributed by atoms with Crippen LogP contribution in [0.4, 0.5) is 4.79 Å². The van der Waals surface area contributed by atoms with E-state index in [1.54, 1.807) is 19.2 Å². The van der Waals surface area contributed by atoms with Gasteiger partial charge < -0.3 is 24.7 Å². The monoisotopic (exact) mass is 426 g/mol. The number of nitrogens with one attached hydrogen (secondary N) is 1. The predicted molar refractivity (Wildman–Crippen MR) is 121 cm³/mol. The highest BCUT2D eigenvalue weighted by atomic mass is 16.7. The maximum atomic E-state index is 10.8. The Labute approximate surface area is 182 Å². The summed E-state index contributed by atoms with van der Waals surface area (Å²) in [6.45, 7) is 0. The topological polar surface area (TPSA) is 105 Å². The van der Waals surface area contributed by atoms with E-state index in [0.717, 1.165) is 22.2 Å². The van der Waals surface area contributed by atoms with Gasteiger partial charge in [-0.25, -0.2) is 9.78 Å². The summed E-state index contributed by atoms with van der Waals surface area (Å²) >= 11 is 0. The van der Waals surface area contributed by atoms with E-state index >= 15 is 0 Å². The van der Waals surface area contributed by atoms with Crippen LogP contribution in [0.5, 0.6) is 17.2 Å². The van der Waals surface area contributed by atoms with E-state index in [1.807, 2.05) is 54.6 Å². The molecule has 1 aromatic heterocycles. The number of carboxylic acid groups (broad SMARTS) is 1. The Balaban J connectivity index is 1.69. The van der Waals surface area contributed by atoms with Crippen LogP contribution in [0.2, 0.25) is 0 Å². The molecule has 0 amide bonds. The molecular weight excluding hydrogens is 408 g/mol. The van der Waals surface area contributed by atoms with E-state index in [1.165, 1.54) is 6.07 Å². The molecule has 3 N–H and O–H groups in total. The molecule has 4 aromatic carbocycles. The molecule has 5 aromatic rings. The molecule has 0 unspecified atom stereocenters. The number of hydrogen-bond donors (Lipinski definition) is 3. The first-order valence-electron chi connectivity index (χ1n) is 9.84. The van der Waals surface area contributed by atoms with Crippen molar-refractivity contribution in [3.05, 3.63) is 72.8 Å². The Morgan fingerprint density at radius 2 is 1.75 bits per heavy atom. The number of rotatable bonds is 4. The number of phenols is 1. The molecule has 0 aliphatic heterocycles. The zero-order valence-electron chi connectivity index (χ0n) is 17.0. The number of aromatic nitrogens is 2. The number of imidazole rings is 1. The molecule has 0 bridgehead atoms. The molecule has 7 heteroatoms. The molecule has 7 nitrogen and oxygen atoms in total. The van der Waals surface area contributed by atoms with Crippen molar-refractivity contribution >= 4 is 28.0 Å². The van der Waals surface area contributed by atoms with Gasteiger partial charge in [-0.15, -0.1) is 0 Å². The summed E-state index contributed by atoms with van der Waals surface area (Å²) in [7, 11) is 1.62. The number of carbonyl (C=O) groups is 1. The van der Waals surface area contributed by atoms with E-state index < -0.39 is 6.16 Å². The maximum absolute atomic E-state index is 10.8. The summed E-state index contributed by atoms with van der Waals surface area (Å²) in [6, 6.07) is 22.2. The van der Waals surface area contributed by atoms with Crippen molar-refractivity contribution in [1.29, 1.82) is 0 Å². The van der Waals surface area contributed by atoms with Crippen LogP contribution in [0.15, 0.2) is 72.8 Å². The van der Waals surface area contributed by atoms with E-state index in [2.05, 4.69) is 9.72 Å². The summed E-state index contributed by atoms with van der Waals surface area (Å²) in [4.78, 5) is 18.9. The number of aromatic amines is 1. The molecule has 158 valence electrons. The number of H-pyrrole nitrogens is 1. The number of nitrogens with zero attached hydrogens (tertiary/aromatic N) is 1. The van der Waals surface area contributed by atoms with Crippen molar-refractivity contribution in [2.75, 3.05) is 7.11 Å². The average molecular weight is 426 g/mol. The molecule has 0 aliphatic carbocycles. The lowest BCUT2D eigenvalue weighted by Crippen LogP contribution is -2.02. The fraction of sp³-hybridized carbons (Fsp3) is 0.0400. The molecule has 0 spiro atoms. The average Bonchev–Trinajstić information content (AvgIpc) is 3.22. The summed E-state index contributed by atoms with van der Waals surface area (Å²) in [5.41, 5.74) is 4.03. The Hall–Kier alpha value is -4.52. The highest BCUT2D eigenvalue weighted by Crippen LogP contribution is 2.40. The van der Waals surface area contributed by atoms with Gasteiger partial charge in [0, 0.05) is 11.6 Å².